The number of allylic oxidation sites excluding steroid dienone is 1. The molecule has 0 radical (unpaired) electrons. The van der Waals surface area contributed by atoms with Crippen LogP contribution in [0.1, 0.15) is 71.6 Å². The Morgan fingerprint density at radius 2 is 1.81 bits per heavy atom. The number of piperidine rings is 1. The van der Waals surface area contributed by atoms with Gasteiger partial charge in [-0.3, -0.25) is 9.59 Å². The van der Waals surface area contributed by atoms with Crippen LogP contribution in [0.25, 0.3) is 0 Å². The highest BCUT2D eigenvalue weighted by molar-refractivity contribution is 7.80. The van der Waals surface area contributed by atoms with Gasteiger partial charge in [-0.15, -0.1) is 0 Å². The Bertz CT molecular complexity index is 1610. The van der Waals surface area contributed by atoms with Gasteiger partial charge in [0.25, 0.3) is 11.5 Å². The first-order valence-electron chi connectivity index (χ1n) is 15.5. The first kappa shape index (κ1) is 29.2. The van der Waals surface area contributed by atoms with Gasteiger partial charge in [0, 0.05) is 55.1 Å². The maximum atomic E-state index is 13.3. The summed E-state index contributed by atoms with van der Waals surface area (Å²) in [6, 6.07) is 17.8. The third-order valence-electron chi connectivity index (χ3n) is 8.92. The number of rotatable bonds is 7. The number of hydrogen-bond acceptors (Lipinski definition) is 4. The molecule has 0 saturated carbocycles. The number of fused-ring (bicyclic) bond motifs is 4. The minimum Gasteiger partial charge on any atom is -0.369 e. The summed E-state index contributed by atoms with van der Waals surface area (Å²) in [6.45, 7) is 7.14. The maximum Gasteiger partial charge on any atom is 0.251 e. The van der Waals surface area contributed by atoms with Crippen molar-refractivity contribution in [1.82, 2.24) is 9.88 Å². The minimum atomic E-state index is -0.0805. The van der Waals surface area contributed by atoms with Gasteiger partial charge in [0.2, 0.25) is 0 Å². The molecular weight excluding hydrogens is 554 g/mol. The van der Waals surface area contributed by atoms with Gasteiger partial charge < -0.3 is 25.4 Å². The largest absolute Gasteiger partial charge is 0.369 e. The smallest absolute Gasteiger partial charge is 0.251 e. The van der Waals surface area contributed by atoms with Crippen molar-refractivity contribution in [1.29, 1.82) is 0 Å². The van der Waals surface area contributed by atoms with E-state index < -0.39 is 0 Å². The fourth-order valence-electron chi connectivity index (χ4n) is 7.05. The van der Waals surface area contributed by atoms with Crippen molar-refractivity contribution in [3.8, 4) is 0 Å². The van der Waals surface area contributed by atoms with Crippen molar-refractivity contribution in [2.75, 3.05) is 35.2 Å². The molecule has 0 spiro atoms. The number of carbonyl (C=O) groups excluding carboxylic acids is 1. The van der Waals surface area contributed by atoms with Gasteiger partial charge in [-0.05, 0) is 118 Å². The number of thiocarbonyl (C=S) groups is 1. The van der Waals surface area contributed by atoms with Crippen LogP contribution in [0.15, 0.2) is 71.0 Å². The summed E-state index contributed by atoms with van der Waals surface area (Å²) < 4.78 is 1.95. The Balaban J connectivity index is 1.24. The monoisotopic (exact) mass is 595 g/mol. The van der Waals surface area contributed by atoms with Crippen LogP contribution in [0.3, 0.4) is 0 Å². The lowest BCUT2D eigenvalue weighted by Gasteiger charge is -2.44. The van der Waals surface area contributed by atoms with E-state index in [1.807, 2.05) is 28.8 Å². The van der Waals surface area contributed by atoms with Crippen molar-refractivity contribution < 1.29 is 4.79 Å². The molecule has 1 fully saturated rings. The number of nitrogens with zero attached hydrogens (tertiary/aromatic N) is 2. The molecule has 2 atom stereocenters. The molecule has 0 unspecified atom stereocenters. The van der Waals surface area contributed by atoms with Crippen molar-refractivity contribution in [2.45, 2.75) is 64.8 Å². The first-order valence-corrected chi connectivity index (χ1v) is 15.9. The molecule has 1 aliphatic carbocycles. The molecule has 7 nitrogen and oxygen atoms in total. The Labute approximate surface area is 259 Å². The van der Waals surface area contributed by atoms with Crippen LogP contribution < -0.4 is 26.4 Å². The molecule has 1 amide bonds. The number of carbonyl (C=O) groups is 1. The van der Waals surface area contributed by atoms with E-state index in [1.165, 1.54) is 18.4 Å². The second kappa shape index (κ2) is 12.8. The van der Waals surface area contributed by atoms with Gasteiger partial charge in [-0.25, -0.2) is 0 Å². The Morgan fingerprint density at radius 1 is 0.977 bits per heavy atom. The molecule has 224 valence electrons. The summed E-state index contributed by atoms with van der Waals surface area (Å²) in [5.41, 5.74) is 8.31. The van der Waals surface area contributed by atoms with Crippen molar-refractivity contribution in [3.63, 3.8) is 0 Å². The second-order valence-corrected chi connectivity index (χ2v) is 12.8. The van der Waals surface area contributed by atoms with Crippen molar-refractivity contribution in [3.05, 3.63) is 99.0 Å². The standard InChI is InChI=1S/C35H41N5O2S/c1-23-15-24(2)17-29(16-23)37-35(43)38-30-19-27(34(42)36-14-13-25-7-4-3-5-8-25)11-12-32(30)39-20-26-18-28(22-39)31-9-6-10-33(41)40(31)21-26/h6-7,9-12,15-17,19,26,28H,3-5,8,13-14,18,20-22H2,1-2H3,(H,36,42)(H2,37,38,43)/t26-,28+/m1/s1. The van der Waals surface area contributed by atoms with Gasteiger partial charge in [0.15, 0.2) is 5.11 Å². The zero-order valence-corrected chi connectivity index (χ0v) is 25.9. The van der Waals surface area contributed by atoms with E-state index in [-0.39, 0.29) is 17.4 Å². The molecule has 43 heavy (non-hydrogen) atoms. The molecule has 3 N–H and O–H groups in total. The van der Waals surface area contributed by atoms with Crippen LogP contribution in [0, 0.1) is 19.8 Å². The van der Waals surface area contributed by atoms with Crippen LogP contribution in [0.4, 0.5) is 17.1 Å². The summed E-state index contributed by atoms with van der Waals surface area (Å²) >= 11 is 5.78. The zero-order chi connectivity index (χ0) is 29.9. The molecular formula is C35H41N5O2S. The van der Waals surface area contributed by atoms with Gasteiger partial charge in [0.1, 0.15) is 0 Å². The van der Waals surface area contributed by atoms with Gasteiger partial charge in [0.05, 0.1) is 11.4 Å². The van der Waals surface area contributed by atoms with E-state index in [0.717, 1.165) is 79.2 Å². The van der Waals surface area contributed by atoms with E-state index in [2.05, 4.69) is 65.0 Å². The van der Waals surface area contributed by atoms with E-state index >= 15 is 0 Å². The van der Waals surface area contributed by atoms with Crippen LogP contribution in [0.5, 0.6) is 0 Å². The van der Waals surface area contributed by atoms with Gasteiger partial charge in [-0.2, -0.15) is 0 Å². The molecule has 3 aromatic rings. The Hall–Kier alpha value is -3.91. The number of aromatic nitrogens is 1. The first-order chi connectivity index (χ1) is 20.8. The lowest BCUT2D eigenvalue weighted by atomic mass is 9.83. The SMILES string of the molecule is Cc1cc(C)cc(NC(=S)Nc2cc(C(=O)NCCC3=CCCCC3)ccc2N2C[C@H]3C[C@@H](C2)c2cccc(=O)n2C3)c1. The zero-order valence-electron chi connectivity index (χ0n) is 25.1. The quantitative estimate of drug-likeness (QED) is 0.213. The lowest BCUT2D eigenvalue weighted by molar-refractivity contribution is 0.0954. The normalized spacial score (nSPS) is 19.2. The molecule has 2 bridgehead atoms. The highest BCUT2D eigenvalue weighted by Gasteiger charge is 2.35. The molecule has 8 heteroatoms. The summed E-state index contributed by atoms with van der Waals surface area (Å²) in [5.74, 6) is 0.561. The third kappa shape index (κ3) is 6.85. The molecule has 1 saturated heterocycles. The molecule has 3 heterocycles. The predicted molar refractivity (Wildman–Crippen MR) is 179 cm³/mol. The summed E-state index contributed by atoms with van der Waals surface area (Å²) in [5, 5.41) is 10.4. The molecule has 2 aromatic carbocycles. The summed E-state index contributed by atoms with van der Waals surface area (Å²) in [4.78, 5) is 28.2. The Morgan fingerprint density at radius 3 is 2.60 bits per heavy atom. The van der Waals surface area contributed by atoms with E-state index in [9.17, 15) is 9.59 Å². The Kier molecular flexibility index (Phi) is 8.66. The van der Waals surface area contributed by atoms with Gasteiger partial charge >= 0.3 is 0 Å². The molecule has 2 aliphatic heterocycles. The highest BCUT2D eigenvalue weighted by atomic mass is 32.1. The van der Waals surface area contributed by atoms with Crippen LogP contribution in [0.2, 0.25) is 0 Å². The van der Waals surface area contributed by atoms with E-state index in [4.69, 9.17) is 12.2 Å². The fraction of sp³-hybridized carbons (Fsp3) is 0.400. The number of amides is 1. The number of pyridine rings is 1. The molecule has 1 aromatic heterocycles. The maximum absolute atomic E-state index is 13.3. The number of hydrogen-bond donors (Lipinski definition) is 3. The summed E-state index contributed by atoms with van der Waals surface area (Å²) in [6.07, 6.45) is 9.11. The highest BCUT2D eigenvalue weighted by Crippen LogP contribution is 2.39. The molecule has 6 rings (SSSR count). The fourth-order valence-corrected chi connectivity index (χ4v) is 7.28. The van der Waals surface area contributed by atoms with Crippen molar-refractivity contribution >= 4 is 40.3 Å². The second-order valence-electron chi connectivity index (χ2n) is 12.4. The van der Waals surface area contributed by atoms with Crippen LogP contribution >= 0.6 is 12.2 Å². The van der Waals surface area contributed by atoms with Crippen LogP contribution in [-0.4, -0.2) is 35.2 Å². The summed E-state index contributed by atoms with van der Waals surface area (Å²) in [7, 11) is 0. The number of nitrogens with one attached hydrogen (secondary N) is 3. The lowest BCUT2D eigenvalue weighted by Crippen LogP contribution is -2.47. The minimum absolute atomic E-state index is 0.0805. The van der Waals surface area contributed by atoms with E-state index in [0.29, 0.717) is 23.1 Å². The average molecular weight is 596 g/mol. The number of anilines is 3. The van der Waals surface area contributed by atoms with E-state index in [1.54, 1.807) is 6.07 Å². The third-order valence-corrected chi connectivity index (χ3v) is 9.13. The average Bonchev–Trinajstić information content (AvgIpc) is 2.97. The number of aryl methyl sites for hydroxylation is 2. The topological polar surface area (TPSA) is 78.4 Å². The predicted octanol–water partition coefficient (Wildman–Crippen LogP) is 6.52. The number of benzene rings is 2. The van der Waals surface area contributed by atoms with Crippen molar-refractivity contribution in [2.24, 2.45) is 5.92 Å². The van der Waals surface area contributed by atoms with Gasteiger partial charge in [-0.1, -0.05) is 23.8 Å². The molecule has 3 aliphatic rings. The van der Waals surface area contributed by atoms with Crippen LogP contribution in [-0.2, 0) is 6.54 Å².